The number of hydrogen-bond donors (Lipinski definition) is 2. The van der Waals surface area contributed by atoms with Crippen molar-refractivity contribution in [3.8, 4) is 11.5 Å². The Hall–Kier alpha value is -4.25. The van der Waals surface area contributed by atoms with Crippen LogP contribution in [0.2, 0.25) is 0 Å². The van der Waals surface area contributed by atoms with Crippen LogP contribution >= 0.6 is 34.4 Å². The number of fused-ring (bicyclic) bond motifs is 1. The number of aryl methyl sites for hydroxylation is 3. The predicted octanol–water partition coefficient (Wildman–Crippen LogP) is 8.63. The summed E-state index contributed by atoms with van der Waals surface area (Å²) in [5, 5.41) is 18.0. The van der Waals surface area contributed by atoms with Gasteiger partial charge in [-0.15, -0.1) is 22.7 Å². The number of carbonyl (C=O) groups is 1. The average Bonchev–Trinajstić information content (AvgIpc) is 3.60. The summed E-state index contributed by atoms with van der Waals surface area (Å²) in [4.78, 5) is 27.3. The summed E-state index contributed by atoms with van der Waals surface area (Å²) in [5.74, 6) is 0.666. The van der Waals surface area contributed by atoms with Gasteiger partial charge in [-0.2, -0.15) is 0 Å². The molecule has 0 saturated carbocycles. The quantitative estimate of drug-likeness (QED) is 0.162. The first kappa shape index (κ1) is 26.9. The highest BCUT2D eigenvalue weighted by Crippen LogP contribution is 2.42. The third-order valence-electron chi connectivity index (χ3n) is 6.25. The van der Waals surface area contributed by atoms with Gasteiger partial charge in [-0.25, -0.2) is 14.8 Å². The minimum atomic E-state index is -1.02. The number of ether oxygens (including phenoxy) is 1. The van der Waals surface area contributed by atoms with E-state index < -0.39 is 5.97 Å². The number of nitrogens with zero attached hydrogens (tertiary/aromatic N) is 3. The number of carboxylic acids is 1. The molecule has 10 heteroatoms. The summed E-state index contributed by atoms with van der Waals surface area (Å²) in [6.07, 6.45) is 4.90. The molecule has 0 amide bonds. The fourth-order valence-corrected chi connectivity index (χ4v) is 7.12. The molecule has 0 bridgehead atoms. The fourth-order valence-electron chi connectivity index (χ4n) is 4.21. The summed E-state index contributed by atoms with van der Waals surface area (Å²) < 4.78 is 7.09. The molecule has 4 heterocycles. The highest BCUT2D eigenvalue weighted by molar-refractivity contribution is 7.99. The average molecular weight is 597 g/mol. The van der Waals surface area contributed by atoms with Crippen LogP contribution in [0.15, 0.2) is 99.7 Å². The van der Waals surface area contributed by atoms with Gasteiger partial charge in [0.1, 0.15) is 5.75 Å². The Labute approximate surface area is 248 Å². The van der Waals surface area contributed by atoms with Crippen molar-refractivity contribution < 1.29 is 14.6 Å². The number of pyridine rings is 2. The Kier molecular flexibility index (Phi) is 7.95. The van der Waals surface area contributed by atoms with Gasteiger partial charge >= 0.3 is 5.97 Å². The number of para-hydroxylation sites is 1. The van der Waals surface area contributed by atoms with Gasteiger partial charge in [0.25, 0.3) is 0 Å². The lowest BCUT2D eigenvalue weighted by atomic mass is 10.1. The monoisotopic (exact) mass is 596 g/mol. The second-order valence-electron chi connectivity index (χ2n) is 9.19. The molecule has 0 unspecified atom stereocenters. The van der Waals surface area contributed by atoms with Crippen molar-refractivity contribution in [1.29, 1.82) is 0 Å². The van der Waals surface area contributed by atoms with Gasteiger partial charge < -0.3 is 15.2 Å². The maximum atomic E-state index is 12.1. The molecular formula is C31H24N4O3S3. The number of benzene rings is 2. The van der Waals surface area contributed by atoms with Crippen molar-refractivity contribution in [3.63, 3.8) is 0 Å². The summed E-state index contributed by atoms with van der Waals surface area (Å²) in [6.45, 7) is 1.97. The molecular weight excluding hydrogens is 573 g/mol. The van der Waals surface area contributed by atoms with Crippen molar-refractivity contribution in [3.05, 3.63) is 112 Å². The molecule has 0 fully saturated rings. The van der Waals surface area contributed by atoms with E-state index in [1.807, 2.05) is 66.9 Å². The SMILES string of the molecule is Cc1csc2c(Sc3cnc(Nc4nc(CCc5ccccc5)cs4)c(Oc4ccccc4)c3)c(C(=O)O)cnc12. The van der Waals surface area contributed by atoms with Gasteiger partial charge in [0.15, 0.2) is 16.7 Å². The van der Waals surface area contributed by atoms with E-state index in [9.17, 15) is 9.90 Å². The van der Waals surface area contributed by atoms with E-state index in [4.69, 9.17) is 9.72 Å². The van der Waals surface area contributed by atoms with Crippen LogP contribution in [0.5, 0.6) is 11.5 Å². The lowest BCUT2D eigenvalue weighted by molar-refractivity contribution is 0.0693. The Morgan fingerprint density at radius 3 is 2.54 bits per heavy atom. The molecule has 0 atom stereocenters. The molecule has 0 radical (unpaired) electrons. The zero-order chi connectivity index (χ0) is 28.2. The van der Waals surface area contributed by atoms with Gasteiger partial charge in [-0.05, 0) is 48.4 Å². The largest absolute Gasteiger partial charge is 0.478 e. The second kappa shape index (κ2) is 12.1. The van der Waals surface area contributed by atoms with E-state index in [1.165, 1.54) is 46.2 Å². The predicted molar refractivity (Wildman–Crippen MR) is 165 cm³/mol. The smallest absolute Gasteiger partial charge is 0.338 e. The Bertz CT molecular complexity index is 1820. The number of hydrogen-bond acceptors (Lipinski definition) is 9. The van der Waals surface area contributed by atoms with Crippen molar-refractivity contribution in [2.45, 2.75) is 29.6 Å². The van der Waals surface area contributed by atoms with Crippen LogP contribution in [0.1, 0.15) is 27.2 Å². The first-order valence-electron chi connectivity index (χ1n) is 12.8. The standard InChI is InChI=1S/C31H24N4O3S3/c1-19-17-39-28-26(19)32-16-24(30(36)37)27(28)41-23-14-25(38-22-10-6-3-7-11-22)29(33-15-23)35-31-34-21(18-40-31)13-12-20-8-4-2-5-9-20/h2-11,14-18H,12-13H2,1H3,(H,36,37)(H,33,34,35). The molecule has 204 valence electrons. The van der Waals surface area contributed by atoms with Crippen LogP contribution in [0, 0.1) is 6.92 Å². The van der Waals surface area contributed by atoms with Crippen LogP contribution in [0.3, 0.4) is 0 Å². The number of thiophene rings is 1. The molecule has 7 nitrogen and oxygen atoms in total. The normalized spacial score (nSPS) is 11.0. The van der Waals surface area contributed by atoms with Crippen LogP contribution in [0.4, 0.5) is 10.9 Å². The zero-order valence-electron chi connectivity index (χ0n) is 21.9. The number of aromatic carboxylic acids is 1. The number of rotatable bonds is 10. The van der Waals surface area contributed by atoms with Gasteiger partial charge in [0.05, 0.1) is 21.5 Å². The topological polar surface area (TPSA) is 97.2 Å². The van der Waals surface area contributed by atoms with E-state index in [-0.39, 0.29) is 5.56 Å². The molecule has 2 N–H and O–H groups in total. The van der Waals surface area contributed by atoms with Crippen LogP contribution in [-0.4, -0.2) is 26.0 Å². The van der Waals surface area contributed by atoms with E-state index >= 15 is 0 Å². The Balaban J connectivity index is 1.29. The van der Waals surface area contributed by atoms with E-state index in [1.54, 1.807) is 6.20 Å². The molecule has 4 aromatic heterocycles. The third kappa shape index (κ3) is 6.25. The lowest BCUT2D eigenvalue weighted by Gasteiger charge is -2.13. The molecule has 6 rings (SSSR count). The Morgan fingerprint density at radius 1 is 0.976 bits per heavy atom. The second-order valence-corrected chi connectivity index (χ2v) is 12.0. The van der Waals surface area contributed by atoms with Crippen LogP contribution in [0.25, 0.3) is 10.2 Å². The number of carboxylic acid groups (broad SMARTS) is 1. The number of thiazole rings is 1. The van der Waals surface area contributed by atoms with Crippen molar-refractivity contribution in [1.82, 2.24) is 15.0 Å². The minimum absolute atomic E-state index is 0.155. The van der Waals surface area contributed by atoms with E-state index in [0.29, 0.717) is 22.2 Å². The Morgan fingerprint density at radius 2 is 1.76 bits per heavy atom. The van der Waals surface area contributed by atoms with Crippen molar-refractivity contribution in [2.24, 2.45) is 0 Å². The van der Waals surface area contributed by atoms with Crippen LogP contribution < -0.4 is 10.1 Å². The summed E-state index contributed by atoms with van der Waals surface area (Å²) in [7, 11) is 0. The first-order chi connectivity index (χ1) is 20.0. The van der Waals surface area contributed by atoms with Crippen LogP contribution in [-0.2, 0) is 12.8 Å². The number of nitrogens with one attached hydrogen (secondary N) is 1. The van der Waals surface area contributed by atoms with E-state index in [0.717, 1.165) is 44.3 Å². The van der Waals surface area contributed by atoms with Crippen molar-refractivity contribution >= 4 is 61.6 Å². The number of anilines is 2. The minimum Gasteiger partial charge on any atom is -0.478 e. The highest BCUT2D eigenvalue weighted by atomic mass is 32.2. The zero-order valence-corrected chi connectivity index (χ0v) is 24.4. The first-order valence-corrected chi connectivity index (χ1v) is 15.4. The van der Waals surface area contributed by atoms with Gasteiger partial charge in [-0.1, -0.05) is 60.3 Å². The maximum Gasteiger partial charge on any atom is 0.338 e. The molecule has 0 aliphatic carbocycles. The van der Waals surface area contributed by atoms with Gasteiger partial charge in [0.2, 0.25) is 0 Å². The highest BCUT2D eigenvalue weighted by Gasteiger charge is 2.20. The molecule has 6 aromatic rings. The maximum absolute atomic E-state index is 12.1. The van der Waals surface area contributed by atoms with Gasteiger partial charge in [0, 0.05) is 33.6 Å². The van der Waals surface area contributed by atoms with Crippen molar-refractivity contribution in [2.75, 3.05) is 5.32 Å². The summed E-state index contributed by atoms with van der Waals surface area (Å²) in [6, 6.07) is 21.7. The molecule has 2 aromatic carbocycles. The third-order valence-corrected chi connectivity index (χ3v) is 9.38. The lowest BCUT2D eigenvalue weighted by Crippen LogP contribution is -2.01. The summed E-state index contributed by atoms with van der Waals surface area (Å²) in [5.41, 5.74) is 4.26. The molecule has 0 spiro atoms. The van der Waals surface area contributed by atoms with E-state index in [2.05, 4.69) is 32.8 Å². The molecule has 41 heavy (non-hydrogen) atoms. The molecule has 0 aliphatic heterocycles. The molecule has 0 aliphatic rings. The fraction of sp³-hybridized carbons (Fsp3) is 0.0968. The molecule has 0 saturated heterocycles. The van der Waals surface area contributed by atoms with Gasteiger partial charge in [-0.3, -0.25) is 4.98 Å². The number of aromatic nitrogens is 3. The summed E-state index contributed by atoms with van der Waals surface area (Å²) >= 11 is 4.35.